The van der Waals surface area contributed by atoms with Gasteiger partial charge in [0.2, 0.25) is 0 Å². The zero-order valence-corrected chi connectivity index (χ0v) is 10.9. The van der Waals surface area contributed by atoms with E-state index >= 15 is 0 Å². The zero-order valence-electron chi connectivity index (χ0n) is 10.1. The molecule has 1 N–H and O–H groups in total. The summed E-state index contributed by atoms with van der Waals surface area (Å²) in [6, 6.07) is -0.0782. The number of alkyl halides is 3. The van der Waals surface area contributed by atoms with Crippen molar-refractivity contribution in [2.24, 2.45) is 5.92 Å². The molecule has 102 valence electrons. The van der Waals surface area contributed by atoms with Gasteiger partial charge in [0.1, 0.15) is 0 Å². The van der Waals surface area contributed by atoms with Crippen molar-refractivity contribution in [3.05, 3.63) is 0 Å². The Labute approximate surface area is 102 Å². The summed E-state index contributed by atoms with van der Waals surface area (Å²) in [4.78, 5) is 1.78. The van der Waals surface area contributed by atoms with Crippen molar-refractivity contribution in [2.75, 3.05) is 38.2 Å². The minimum Gasteiger partial charge on any atom is -0.315 e. The molecule has 0 radical (unpaired) electrons. The highest BCUT2D eigenvalue weighted by Crippen LogP contribution is 2.27. The number of rotatable bonds is 3. The van der Waals surface area contributed by atoms with Crippen LogP contribution in [0.1, 0.15) is 6.92 Å². The largest absolute Gasteiger partial charge is 0.394 e. The highest BCUT2D eigenvalue weighted by atomic mass is 32.2. The van der Waals surface area contributed by atoms with Crippen molar-refractivity contribution in [1.29, 1.82) is 0 Å². The van der Waals surface area contributed by atoms with Crippen LogP contribution in [0.25, 0.3) is 0 Å². The second-order valence-electron chi connectivity index (χ2n) is 4.53. The summed E-state index contributed by atoms with van der Waals surface area (Å²) in [6.07, 6.45) is -2.59. The number of hydrogen-bond acceptors (Lipinski definition) is 3. The average molecular weight is 272 g/mol. The monoisotopic (exact) mass is 272 g/mol. The highest BCUT2D eigenvalue weighted by molar-refractivity contribution is 7.84. The maximum atomic E-state index is 12.7. The quantitative estimate of drug-likeness (QED) is 0.826. The molecule has 3 unspecified atom stereocenters. The smallest absolute Gasteiger partial charge is 0.315 e. The third-order valence-corrected chi connectivity index (χ3v) is 3.94. The van der Waals surface area contributed by atoms with Gasteiger partial charge in [-0.2, -0.15) is 13.2 Å². The van der Waals surface area contributed by atoms with Crippen molar-refractivity contribution in [3.8, 4) is 0 Å². The lowest BCUT2D eigenvalue weighted by atomic mass is 10.1. The molecule has 1 rings (SSSR count). The normalized spacial score (nSPS) is 27.5. The van der Waals surface area contributed by atoms with E-state index in [4.69, 9.17) is 0 Å². The van der Waals surface area contributed by atoms with Gasteiger partial charge < -0.3 is 5.32 Å². The molecule has 0 saturated carbocycles. The molecule has 0 amide bonds. The van der Waals surface area contributed by atoms with Crippen LogP contribution >= 0.6 is 0 Å². The molecular weight excluding hydrogens is 253 g/mol. The Morgan fingerprint density at radius 1 is 1.53 bits per heavy atom. The first-order chi connectivity index (χ1) is 7.80. The fourth-order valence-electron chi connectivity index (χ4n) is 2.00. The highest BCUT2D eigenvalue weighted by Gasteiger charge is 2.41. The minimum absolute atomic E-state index is 0.00509. The number of hydrogen-bond donors (Lipinski definition) is 1. The Hall–Kier alpha value is -0.140. The fourth-order valence-corrected chi connectivity index (χ4v) is 2.89. The summed E-state index contributed by atoms with van der Waals surface area (Å²) in [5, 5.41) is 2.80. The van der Waals surface area contributed by atoms with Crippen LogP contribution in [0.2, 0.25) is 0 Å². The van der Waals surface area contributed by atoms with E-state index in [0.29, 0.717) is 18.8 Å². The standard InChI is InChI=1S/C10H19F3N2OS/c1-8(7-17(2)16)15-4-3-14-5-9(6-15)10(11,12)13/h8-9,14H,3-7H2,1-2H3. The molecule has 1 saturated heterocycles. The molecule has 17 heavy (non-hydrogen) atoms. The first kappa shape index (κ1) is 14.9. The maximum Gasteiger partial charge on any atom is 0.394 e. The molecule has 1 heterocycles. The van der Waals surface area contributed by atoms with Gasteiger partial charge in [0.15, 0.2) is 0 Å². The predicted molar refractivity (Wildman–Crippen MR) is 62.4 cm³/mol. The van der Waals surface area contributed by atoms with Crippen LogP contribution in [0, 0.1) is 5.92 Å². The van der Waals surface area contributed by atoms with Crippen molar-refractivity contribution >= 4 is 10.8 Å². The van der Waals surface area contributed by atoms with Gasteiger partial charge in [0.05, 0.1) is 5.92 Å². The van der Waals surface area contributed by atoms with Gasteiger partial charge in [-0.15, -0.1) is 0 Å². The van der Waals surface area contributed by atoms with Crippen LogP contribution in [-0.4, -0.2) is 59.5 Å². The molecule has 7 heteroatoms. The molecule has 1 fully saturated rings. The summed E-state index contributed by atoms with van der Waals surface area (Å²) in [7, 11) is -0.979. The lowest BCUT2D eigenvalue weighted by molar-refractivity contribution is -0.176. The van der Waals surface area contributed by atoms with Gasteiger partial charge >= 0.3 is 6.18 Å². The van der Waals surface area contributed by atoms with E-state index in [1.54, 1.807) is 11.2 Å². The Kier molecular flexibility index (Phi) is 5.40. The molecule has 0 aromatic rings. The van der Waals surface area contributed by atoms with E-state index in [1.165, 1.54) is 0 Å². The second-order valence-corrected chi connectivity index (χ2v) is 6.01. The third kappa shape index (κ3) is 4.93. The molecule has 1 aliphatic heterocycles. The van der Waals surface area contributed by atoms with E-state index in [9.17, 15) is 17.4 Å². The summed E-state index contributed by atoms with van der Waals surface area (Å²) in [5.74, 6) is -0.914. The Morgan fingerprint density at radius 3 is 2.71 bits per heavy atom. The summed E-state index contributed by atoms with van der Waals surface area (Å²) in [5.41, 5.74) is 0. The molecule has 0 aliphatic carbocycles. The molecule has 0 aromatic heterocycles. The second kappa shape index (κ2) is 6.15. The summed E-state index contributed by atoms with van der Waals surface area (Å²) in [6.45, 7) is 2.93. The lowest BCUT2D eigenvalue weighted by Crippen LogP contribution is -2.43. The van der Waals surface area contributed by atoms with Gasteiger partial charge in [-0.3, -0.25) is 9.11 Å². The number of halogens is 3. The fraction of sp³-hybridized carbons (Fsp3) is 1.00. The maximum absolute atomic E-state index is 12.7. The molecule has 3 nitrogen and oxygen atoms in total. The van der Waals surface area contributed by atoms with Gasteiger partial charge in [-0.25, -0.2) is 0 Å². The van der Waals surface area contributed by atoms with E-state index in [-0.39, 0.29) is 19.1 Å². The van der Waals surface area contributed by atoms with Crippen LogP contribution in [0.15, 0.2) is 0 Å². The van der Waals surface area contributed by atoms with Crippen LogP contribution in [0.5, 0.6) is 0 Å². The SMILES string of the molecule is CC(CS(C)=O)N1CCNCC(C(F)(F)F)C1. The summed E-state index contributed by atoms with van der Waals surface area (Å²) >= 11 is 0. The van der Waals surface area contributed by atoms with E-state index in [0.717, 1.165) is 0 Å². The van der Waals surface area contributed by atoms with Gasteiger partial charge in [-0.05, 0) is 6.92 Å². The molecule has 0 aromatic carbocycles. The topological polar surface area (TPSA) is 32.3 Å². The third-order valence-electron chi connectivity index (χ3n) is 2.98. The molecule has 3 atom stereocenters. The minimum atomic E-state index is -4.17. The molecule has 1 aliphatic rings. The van der Waals surface area contributed by atoms with E-state index in [1.807, 2.05) is 6.92 Å². The van der Waals surface area contributed by atoms with Crippen LogP contribution in [0.4, 0.5) is 13.2 Å². The molecular formula is C10H19F3N2OS. The summed E-state index contributed by atoms with van der Waals surface area (Å²) < 4.78 is 49.2. The Balaban J connectivity index is 2.62. The first-order valence-corrected chi connectivity index (χ1v) is 7.35. The van der Waals surface area contributed by atoms with E-state index < -0.39 is 22.9 Å². The van der Waals surface area contributed by atoms with Crippen molar-refractivity contribution in [1.82, 2.24) is 10.2 Å². The van der Waals surface area contributed by atoms with Crippen molar-refractivity contribution in [3.63, 3.8) is 0 Å². The van der Waals surface area contributed by atoms with Crippen LogP contribution < -0.4 is 5.32 Å². The van der Waals surface area contributed by atoms with Crippen molar-refractivity contribution < 1.29 is 17.4 Å². The predicted octanol–water partition coefficient (Wildman–Crippen LogP) is 0.837. The molecule has 0 bridgehead atoms. The first-order valence-electron chi connectivity index (χ1n) is 5.62. The number of nitrogens with zero attached hydrogens (tertiary/aromatic N) is 1. The average Bonchev–Trinajstić information content (AvgIpc) is 2.40. The lowest BCUT2D eigenvalue weighted by Gasteiger charge is -2.30. The zero-order chi connectivity index (χ0) is 13.1. The van der Waals surface area contributed by atoms with Gasteiger partial charge in [-0.1, -0.05) is 0 Å². The van der Waals surface area contributed by atoms with E-state index in [2.05, 4.69) is 5.32 Å². The van der Waals surface area contributed by atoms with Gasteiger partial charge in [0.25, 0.3) is 0 Å². The van der Waals surface area contributed by atoms with Gasteiger partial charge in [0, 0.05) is 55.0 Å². The van der Waals surface area contributed by atoms with Crippen LogP contribution in [-0.2, 0) is 10.8 Å². The van der Waals surface area contributed by atoms with Crippen LogP contribution in [0.3, 0.4) is 0 Å². The Morgan fingerprint density at radius 2 is 2.18 bits per heavy atom. The number of nitrogens with one attached hydrogen (secondary N) is 1. The molecule has 0 spiro atoms. The Bertz CT molecular complexity index is 273. The van der Waals surface area contributed by atoms with Crippen molar-refractivity contribution in [2.45, 2.75) is 19.1 Å².